The highest BCUT2D eigenvalue weighted by molar-refractivity contribution is 5.18. The molecule has 0 saturated heterocycles. The van der Waals surface area contributed by atoms with Crippen molar-refractivity contribution in [2.75, 3.05) is 0 Å². The number of nitrogens with two attached hydrogens (primary N) is 1. The first-order valence-corrected chi connectivity index (χ1v) is 5.57. The Kier molecular flexibility index (Phi) is 6.56. The fourth-order valence-electron chi connectivity index (χ4n) is 1.40. The molecule has 1 nitrogen and oxygen atoms in total. The van der Waals surface area contributed by atoms with Gasteiger partial charge in [-0.15, -0.1) is 0 Å². The summed E-state index contributed by atoms with van der Waals surface area (Å²) < 4.78 is 0. The summed E-state index contributed by atoms with van der Waals surface area (Å²) in [7, 11) is 0. The van der Waals surface area contributed by atoms with E-state index in [1.165, 1.54) is 5.57 Å². The molecule has 2 N–H and O–H groups in total. The van der Waals surface area contributed by atoms with E-state index in [1.807, 2.05) is 6.92 Å². The van der Waals surface area contributed by atoms with Gasteiger partial charge in [-0.2, -0.15) is 0 Å². The molecule has 0 heterocycles. The van der Waals surface area contributed by atoms with E-state index in [4.69, 9.17) is 5.73 Å². The molecule has 82 valence electrons. The topological polar surface area (TPSA) is 26.0 Å². The van der Waals surface area contributed by atoms with Crippen LogP contribution in [0.2, 0.25) is 0 Å². The van der Waals surface area contributed by atoms with Gasteiger partial charge in [-0.3, -0.25) is 0 Å². The predicted molar refractivity (Wildman–Crippen MR) is 65.2 cm³/mol. The summed E-state index contributed by atoms with van der Waals surface area (Å²) in [4.78, 5) is 0. The lowest BCUT2D eigenvalue weighted by Gasteiger charge is -2.14. The number of hydrogen-bond acceptors (Lipinski definition) is 1. The Morgan fingerprint density at radius 2 is 1.71 bits per heavy atom. The van der Waals surface area contributed by atoms with Crippen LogP contribution in [0.4, 0.5) is 0 Å². The van der Waals surface area contributed by atoms with Gasteiger partial charge >= 0.3 is 0 Å². The molecule has 0 saturated carbocycles. The molecule has 0 rings (SSSR count). The second-order valence-corrected chi connectivity index (χ2v) is 4.67. The van der Waals surface area contributed by atoms with Gasteiger partial charge in [0.2, 0.25) is 0 Å². The summed E-state index contributed by atoms with van der Waals surface area (Å²) in [6.07, 6.45) is 7.66. The van der Waals surface area contributed by atoms with Crippen molar-refractivity contribution in [2.24, 2.45) is 17.6 Å². The molecule has 0 aromatic heterocycles. The zero-order valence-electron chi connectivity index (χ0n) is 10.2. The molecule has 0 aliphatic carbocycles. The summed E-state index contributed by atoms with van der Waals surface area (Å²) in [5.74, 6) is 1.27. The lowest BCUT2D eigenvalue weighted by atomic mass is 9.97. The van der Waals surface area contributed by atoms with Gasteiger partial charge in [-0.05, 0) is 25.2 Å². The van der Waals surface area contributed by atoms with E-state index >= 15 is 0 Å². The van der Waals surface area contributed by atoms with Crippen molar-refractivity contribution in [1.82, 2.24) is 0 Å². The summed E-state index contributed by atoms with van der Waals surface area (Å²) in [5.41, 5.74) is 7.20. The molecule has 0 bridgehead atoms. The first-order valence-electron chi connectivity index (χ1n) is 5.57. The molecule has 0 spiro atoms. The third-order valence-corrected chi connectivity index (χ3v) is 2.22. The molecule has 0 aliphatic heterocycles. The Bertz CT molecular complexity index is 187. The van der Waals surface area contributed by atoms with Crippen molar-refractivity contribution in [3.05, 3.63) is 23.8 Å². The van der Waals surface area contributed by atoms with Crippen LogP contribution in [0.25, 0.3) is 0 Å². The maximum atomic E-state index is 5.88. The maximum Gasteiger partial charge on any atom is 0.0230 e. The lowest BCUT2D eigenvalue weighted by molar-refractivity contribution is 0.662. The van der Waals surface area contributed by atoms with Crippen LogP contribution in [-0.2, 0) is 0 Å². The van der Waals surface area contributed by atoms with Crippen molar-refractivity contribution >= 4 is 0 Å². The second kappa shape index (κ2) is 6.83. The molecule has 14 heavy (non-hydrogen) atoms. The third kappa shape index (κ3) is 5.98. The highest BCUT2D eigenvalue weighted by atomic mass is 14.6. The highest BCUT2D eigenvalue weighted by Crippen LogP contribution is 2.12. The van der Waals surface area contributed by atoms with Crippen LogP contribution in [-0.4, -0.2) is 6.04 Å². The van der Waals surface area contributed by atoms with Crippen LogP contribution < -0.4 is 5.73 Å². The molecule has 0 unspecified atom stereocenters. The molecule has 1 atom stereocenters. The minimum Gasteiger partial charge on any atom is -0.324 e. The molecule has 0 aromatic rings. The smallest absolute Gasteiger partial charge is 0.0230 e. The summed E-state index contributed by atoms with van der Waals surface area (Å²) >= 11 is 0. The number of allylic oxidation sites excluding steroid dienone is 3. The monoisotopic (exact) mass is 195 g/mol. The summed E-state index contributed by atoms with van der Waals surface area (Å²) in [5, 5.41) is 0. The molecule has 0 radical (unpaired) electrons. The van der Waals surface area contributed by atoms with E-state index in [9.17, 15) is 0 Å². The number of rotatable bonds is 5. The van der Waals surface area contributed by atoms with Gasteiger partial charge in [0, 0.05) is 6.04 Å². The van der Waals surface area contributed by atoms with E-state index < -0.39 is 0 Å². The Hall–Kier alpha value is -0.560. The van der Waals surface area contributed by atoms with E-state index in [0.29, 0.717) is 5.92 Å². The minimum absolute atomic E-state index is 0.165. The first-order chi connectivity index (χ1) is 6.45. The second-order valence-electron chi connectivity index (χ2n) is 4.67. The van der Waals surface area contributed by atoms with Crippen molar-refractivity contribution in [2.45, 2.75) is 47.1 Å². The Labute approximate surface area is 89.1 Å². The standard InChI is InChI=1S/C13H25N/c1-10(2)8-6-7-9-13(11(3)4)12(5)14/h6-7,9-12H,8,14H2,1-5H3/b7-6-,13-9-/t12-/m1/s1. The van der Waals surface area contributed by atoms with Crippen LogP contribution in [0.5, 0.6) is 0 Å². The summed E-state index contributed by atoms with van der Waals surface area (Å²) in [6, 6.07) is 0.165. The predicted octanol–water partition coefficient (Wildman–Crippen LogP) is 3.52. The van der Waals surface area contributed by atoms with Gasteiger partial charge in [0.05, 0.1) is 0 Å². The fraction of sp³-hybridized carbons (Fsp3) is 0.692. The van der Waals surface area contributed by atoms with Gasteiger partial charge in [-0.1, -0.05) is 51.5 Å². The van der Waals surface area contributed by atoms with Crippen LogP contribution in [0, 0.1) is 11.8 Å². The molecule has 0 aromatic carbocycles. The molecular weight excluding hydrogens is 170 g/mol. The SMILES string of the molecule is CC(C)C/C=C\C=C(\C(C)C)[C@@H](C)N. The fourth-order valence-corrected chi connectivity index (χ4v) is 1.40. The van der Waals surface area contributed by atoms with Crippen molar-refractivity contribution in [3.8, 4) is 0 Å². The van der Waals surface area contributed by atoms with Crippen LogP contribution in [0.1, 0.15) is 41.0 Å². The maximum absolute atomic E-state index is 5.88. The van der Waals surface area contributed by atoms with E-state index in [0.717, 1.165) is 12.3 Å². The zero-order valence-corrected chi connectivity index (χ0v) is 10.2. The van der Waals surface area contributed by atoms with Gasteiger partial charge in [0.15, 0.2) is 0 Å². The van der Waals surface area contributed by atoms with Gasteiger partial charge < -0.3 is 5.73 Å². The minimum atomic E-state index is 0.165. The van der Waals surface area contributed by atoms with Crippen molar-refractivity contribution in [1.29, 1.82) is 0 Å². The van der Waals surface area contributed by atoms with E-state index in [1.54, 1.807) is 0 Å². The Balaban J connectivity index is 4.23. The van der Waals surface area contributed by atoms with E-state index in [-0.39, 0.29) is 6.04 Å². The van der Waals surface area contributed by atoms with Gasteiger partial charge in [-0.25, -0.2) is 0 Å². The Morgan fingerprint density at radius 3 is 2.07 bits per heavy atom. The molecule has 0 fully saturated rings. The molecule has 1 heteroatoms. The largest absolute Gasteiger partial charge is 0.324 e. The molecular formula is C13H25N. The van der Waals surface area contributed by atoms with Gasteiger partial charge in [0.25, 0.3) is 0 Å². The number of hydrogen-bond donors (Lipinski definition) is 1. The molecule has 0 aliphatic rings. The van der Waals surface area contributed by atoms with Crippen LogP contribution in [0.15, 0.2) is 23.8 Å². The lowest BCUT2D eigenvalue weighted by Crippen LogP contribution is -2.21. The quantitative estimate of drug-likeness (QED) is 0.667. The Morgan fingerprint density at radius 1 is 1.14 bits per heavy atom. The highest BCUT2D eigenvalue weighted by Gasteiger charge is 2.06. The zero-order chi connectivity index (χ0) is 11.1. The third-order valence-electron chi connectivity index (χ3n) is 2.22. The molecule has 0 amide bonds. The van der Waals surface area contributed by atoms with Crippen LogP contribution >= 0.6 is 0 Å². The first kappa shape index (κ1) is 13.4. The van der Waals surface area contributed by atoms with Crippen LogP contribution in [0.3, 0.4) is 0 Å². The van der Waals surface area contributed by atoms with Gasteiger partial charge in [0.1, 0.15) is 0 Å². The normalized spacial score (nSPS) is 15.9. The average molecular weight is 195 g/mol. The average Bonchev–Trinajstić information content (AvgIpc) is 2.01. The van der Waals surface area contributed by atoms with Crippen molar-refractivity contribution < 1.29 is 0 Å². The van der Waals surface area contributed by atoms with E-state index in [2.05, 4.69) is 45.9 Å². The summed E-state index contributed by atoms with van der Waals surface area (Å²) in [6.45, 7) is 10.9. The van der Waals surface area contributed by atoms with Crippen molar-refractivity contribution in [3.63, 3.8) is 0 Å².